The zero-order valence-electron chi connectivity index (χ0n) is 7.29. The second kappa shape index (κ2) is 3.54. The molecule has 1 N–H and O–H groups in total. The van der Waals surface area contributed by atoms with Gasteiger partial charge in [-0.05, 0) is 25.8 Å². The summed E-state index contributed by atoms with van der Waals surface area (Å²) in [6, 6.07) is 0.663. The lowest BCUT2D eigenvalue weighted by Crippen LogP contribution is -2.29. The van der Waals surface area contributed by atoms with E-state index in [0.29, 0.717) is 6.04 Å². The molecule has 1 saturated carbocycles. The van der Waals surface area contributed by atoms with E-state index in [1.807, 2.05) is 6.20 Å². The quantitative estimate of drug-likeness (QED) is 0.766. The summed E-state index contributed by atoms with van der Waals surface area (Å²) in [6.45, 7) is 0. The molecular weight excluding hydrogens is 168 g/mol. The largest absolute Gasteiger partial charge is 0.316 e. The lowest BCUT2D eigenvalue weighted by atomic mass is 10.1. The standard InChI is InChI=1S/C9H14N2S/c1-10-8(7-2-3-7)6-9-11-4-5-12-9/h4-5,7-8,10H,2-3,6H2,1H3. The van der Waals surface area contributed by atoms with Crippen molar-refractivity contribution in [1.82, 2.24) is 10.3 Å². The molecule has 1 unspecified atom stereocenters. The summed E-state index contributed by atoms with van der Waals surface area (Å²) in [5, 5.41) is 6.68. The van der Waals surface area contributed by atoms with Gasteiger partial charge < -0.3 is 5.32 Å². The SMILES string of the molecule is CNC(Cc1nccs1)C1CC1. The Morgan fingerprint density at radius 1 is 1.75 bits per heavy atom. The van der Waals surface area contributed by atoms with Gasteiger partial charge in [0, 0.05) is 24.0 Å². The molecule has 1 aromatic heterocycles. The second-order valence-electron chi connectivity index (χ2n) is 3.36. The first-order chi connectivity index (χ1) is 5.90. The summed E-state index contributed by atoms with van der Waals surface area (Å²) in [6.07, 6.45) is 5.80. The summed E-state index contributed by atoms with van der Waals surface area (Å²) >= 11 is 1.76. The van der Waals surface area contributed by atoms with E-state index >= 15 is 0 Å². The van der Waals surface area contributed by atoms with Crippen LogP contribution in [0.2, 0.25) is 0 Å². The van der Waals surface area contributed by atoms with Gasteiger partial charge in [0.1, 0.15) is 0 Å². The highest BCUT2D eigenvalue weighted by Gasteiger charge is 2.30. The van der Waals surface area contributed by atoms with Gasteiger partial charge >= 0.3 is 0 Å². The number of hydrogen-bond donors (Lipinski definition) is 1. The first-order valence-electron chi connectivity index (χ1n) is 4.46. The molecule has 3 heteroatoms. The van der Waals surface area contributed by atoms with E-state index in [2.05, 4.69) is 22.7 Å². The molecule has 0 radical (unpaired) electrons. The van der Waals surface area contributed by atoms with Crippen LogP contribution < -0.4 is 5.32 Å². The zero-order valence-corrected chi connectivity index (χ0v) is 8.10. The minimum Gasteiger partial charge on any atom is -0.316 e. The Hall–Kier alpha value is -0.410. The number of nitrogens with zero attached hydrogens (tertiary/aromatic N) is 1. The van der Waals surface area contributed by atoms with Crippen LogP contribution in [0.4, 0.5) is 0 Å². The van der Waals surface area contributed by atoms with Crippen LogP contribution >= 0.6 is 11.3 Å². The minimum absolute atomic E-state index is 0.663. The van der Waals surface area contributed by atoms with Gasteiger partial charge in [0.15, 0.2) is 0 Å². The lowest BCUT2D eigenvalue weighted by molar-refractivity contribution is 0.499. The molecule has 66 valence electrons. The molecule has 1 aromatic rings. The number of likely N-dealkylation sites (N-methyl/N-ethyl adjacent to an activating group) is 1. The van der Waals surface area contributed by atoms with Crippen LogP contribution in [0.1, 0.15) is 17.8 Å². The Morgan fingerprint density at radius 3 is 3.08 bits per heavy atom. The Labute approximate surface area is 77.0 Å². The molecule has 0 saturated heterocycles. The third kappa shape index (κ3) is 1.84. The van der Waals surface area contributed by atoms with Crippen molar-refractivity contribution in [2.24, 2.45) is 5.92 Å². The van der Waals surface area contributed by atoms with Gasteiger partial charge in [0.05, 0.1) is 5.01 Å². The van der Waals surface area contributed by atoms with Gasteiger partial charge in [-0.1, -0.05) is 0 Å². The molecule has 1 heterocycles. The number of hydrogen-bond acceptors (Lipinski definition) is 3. The van der Waals surface area contributed by atoms with Crippen LogP contribution in [0.15, 0.2) is 11.6 Å². The predicted molar refractivity (Wildman–Crippen MR) is 51.4 cm³/mol. The van der Waals surface area contributed by atoms with Gasteiger partial charge in [0.25, 0.3) is 0 Å². The molecule has 1 fully saturated rings. The van der Waals surface area contributed by atoms with Gasteiger partial charge in [-0.15, -0.1) is 11.3 Å². The van der Waals surface area contributed by atoms with Crippen LogP contribution in [-0.4, -0.2) is 18.1 Å². The second-order valence-corrected chi connectivity index (χ2v) is 4.34. The molecule has 0 spiro atoms. The maximum atomic E-state index is 4.29. The molecule has 2 nitrogen and oxygen atoms in total. The van der Waals surface area contributed by atoms with Gasteiger partial charge in [-0.2, -0.15) is 0 Å². The summed E-state index contributed by atoms with van der Waals surface area (Å²) in [4.78, 5) is 4.29. The molecule has 12 heavy (non-hydrogen) atoms. The highest BCUT2D eigenvalue weighted by atomic mass is 32.1. The van der Waals surface area contributed by atoms with Crippen molar-refractivity contribution in [3.8, 4) is 0 Å². The van der Waals surface area contributed by atoms with Crippen molar-refractivity contribution in [1.29, 1.82) is 0 Å². The molecule has 1 aliphatic rings. The van der Waals surface area contributed by atoms with E-state index in [4.69, 9.17) is 0 Å². The van der Waals surface area contributed by atoms with E-state index in [1.165, 1.54) is 17.8 Å². The molecule has 1 aliphatic carbocycles. The highest BCUT2D eigenvalue weighted by Crippen LogP contribution is 2.33. The predicted octanol–water partition coefficient (Wildman–Crippen LogP) is 1.68. The van der Waals surface area contributed by atoms with Crippen molar-refractivity contribution >= 4 is 11.3 Å². The third-order valence-corrected chi connectivity index (χ3v) is 3.24. The summed E-state index contributed by atoms with van der Waals surface area (Å²) < 4.78 is 0. The molecule has 1 atom stereocenters. The van der Waals surface area contributed by atoms with E-state index in [1.54, 1.807) is 11.3 Å². The van der Waals surface area contributed by atoms with Gasteiger partial charge in [-0.25, -0.2) is 4.98 Å². The molecular formula is C9H14N2S. The van der Waals surface area contributed by atoms with Crippen molar-refractivity contribution in [3.05, 3.63) is 16.6 Å². The molecule has 0 amide bonds. The Bertz CT molecular complexity index is 229. The smallest absolute Gasteiger partial charge is 0.0940 e. The normalized spacial score (nSPS) is 19.4. The number of aromatic nitrogens is 1. The summed E-state index contributed by atoms with van der Waals surface area (Å²) in [5.74, 6) is 0.916. The summed E-state index contributed by atoms with van der Waals surface area (Å²) in [5.41, 5.74) is 0. The van der Waals surface area contributed by atoms with E-state index in [9.17, 15) is 0 Å². The third-order valence-electron chi connectivity index (χ3n) is 2.44. The molecule has 0 aromatic carbocycles. The van der Waals surface area contributed by atoms with E-state index in [-0.39, 0.29) is 0 Å². The first-order valence-corrected chi connectivity index (χ1v) is 5.33. The maximum absolute atomic E-state index is 4.29. The van der Waals surface area contributed by atoms with E-state index in [0.717, 1.165) is 12.3 Å². The fourth-order valence-electron chi connectivity index (χ4n) is 1.54. The van der Waals surface area contributed by atoms with Crippen molar-refractivity contribution in [3.63, 3.8) is 0 Å². The van der Waals surface area contributed by atoms with Gasteiger partial charge in [0.2, 0.25) is 0 Å². The number of rotatable bonds is 4. The maximum Gasteiger partial charge on any atom is 0.0940 e. The lowest BCUT2D eigenvalue weighted by Gasteiger charge is -2.12. The summed E-state index contributed by atoms with van der Waals surface area (Å²) in [7, 11) is 2.05. The van der Waals surface area contributed by atoms with E-state index < -0.39 is 0 Å². The average molecular weight is 182 g/mol. The molecule has 0 aliphatic heterocycles. The van der Waals surface area contributed by atoms with Crippen molar-refractivity contribution in [2.75, 3.05) is 7.05 Å². The average Bonchev–Trinajstić information content (AvgIpc) is 2.80. The zero-order chi connectivity index (χ0) is 8.39. The van der Waals surface area contributed by atoms with Crippen molar-refractivity contribution < 1.29 is 0 Å². The Kier molecular flexibility index (Phi) is 2.42. The van der Waals surface area contributed by atoms with Crippen molar-refractivity contribution in [2.45, 2.75) is 25.3 Å². The van der Waals surface area contributed by atoms with Crippen LogP contribution in [0.5, 0.6) is 0 Å². The van der Waals surface area contributed by atoms with Crippen LogP contribution in [0.3, 0.4) is 0 Å². The van der Waals surface area contributed by atoms with Gasteiger partial charge in [-0.3, -0.25) is 0 Å². The topological polar surface area (TPSA) is 24.9 Å². The number of nitrogens with one attached hydrogen (secondary N) is 1. The fourth-order valence-corrected chi connectivity index (χ4v) is 2.22. The fraction of sp³-hybridized carbons (Fsp3) is 0.667. The van der Waals surface area contributed by atoms with Crippen LogP contribution in [0.25, 0.3) is 0 Å². The Morgan fingerprint density at radius 2 is 2.58 bits per heavy atom. The molecule has 2 rings (SSSR count). The monoisotopic (exact) mass is 182 g/mol. The van der Waals surface area contributed by atoms with Crippen LogP contribution in [-0.2, 0) is 6.42 Å². The molecule has 0 bridgehead atoms. The highest BCUT2D eigenvalue weighted by molar-refractivity contribution is 7.09. The van der Waals surface area contributed by atoms with Crippen LogP contribution in [0, 0.1) is 5.92 Å². The first kappa shape index (κ1) is 8.20. The Balaban J connectivity index is 1.91. The minimum atomic E-state index is 0.663. The number of thiazole rings is 1.